The second-order valence-corrected chi connectivity index (χ2v) is 7.47. The van der Waals surface area contributed by atoms with Crippen molar-refractivity contribution in [2.45, 2.75) is 40.7 Å². The number of nitrogens with one attached hydrogen (secondary N) is 1. The summed E-state index contributed by atoms with van der Waals surface area (Å²) in [7, 11) is 1.40. The summed E-state index contributed by atoms with van der Waals surface area (Å²) in [5, 5.41) is 2.95. The van der Waals surface area contributed by atoms with Crippen LogP contribution in [0.3, 0.4) is 0 Å². The molecule has 0 aliphatic heterocycles. The molecule has 1 saturated carbocycles. The standard InChI is InChI=1S/C20H27F2NO3/c1-12(2)10-14-17(20(14,3)4)18(24)23-9-8-13-6-7-15(25-5)16(11-13)26-19(21)22/h6-7,10-11,14,17,19H,8-9H2,1-5H3,(H,23,24). The Morgan fingerprint density at radius 2 is 2.00 bits per heavy atom. The van der Waals surface area contributed by atoms with Crippen molar-refractivity contribution in [3.63, 3.8) is 0 Å². The Balaban J connectivity index is 1.92. The Hall–Kier alpha value is -2.11. The average molecular weight is 367 g/mol. The number of hydrogen-bond donors (Lipinski definition) is 1. The van der Waals surface area contributed by atoms with Gasteiger partial charge in [0, 0.05) is 6.54 Å². The molecule has 6 heteroatoms. The third-order valence-electron chi connectivity index (χ3n) is 4.86. The predicted molar refractivity (Wildman–Crippen MR) is 96.5 cm³/mol. The van der Waals surface area contributed by atoms with Gasteiger partial charge >= 0.3 is 6.61 Å². The molecule has 1 aromatic rings. The largest absolute Gasteiger partial charge is 0.493 e. The molecule has 1 aromatic carbocycles. The number of carbonyl (C=O) groups excluding carboxylic acids is 1. The number of amides is 1. The highest BCUT2D eigenvalue weighted by Crippen LogP contribution is 2.59. The molecule has 1 fully saturated rings. The molecule has 0 radical (unpaired) electrons. The zero-order valence-electron chi connectivity index (χ0n) is 15.9. The van der Waals surface area contributed by atoms with Gasteiger partial charge in [-0.3, -0.25) is 4.79 Å². The van der Waals surface area contributed by atoms with Gasteiger partial charge in [0.1, 0.15) is 0 Å². The third kappa shape index (κ3) is 4.74. The van der Waals surface area contributed by atoms with Gasteiger partial charge in [-0.1, -0.05) is 31.6 Å². The Morgan fingerprint density at radius 3 is 2.58 bits per heavy atom. The lowest BCUT2D eigenvalue weighted by Crippen LogP contribution is -2.28. The molecule has 0 aromatic heterocycles. The van der Waals surface area contributed by atoms with Crippen LogP contribution in [0.25, 0.3) is 0 Å². The van der Waals surface area contributed by atoms with Gasteiger partial charge in [0.05, 0.1) is 13.0 Å². The Bertz CT molecular complexity index is 682. The van der Waals surface area contributed by atoms with Crippen LogP contribution in [0.1, 0.15) is 33.3 Å². The number of halogens is 2. The minimum absolute atomic E-state index is 0.00160. The molecule has 144 valence electrons. The quantitative estimate of drug-likeness (QED) is 0.701. The molecule has 1 amide bonds. The monoisotopic (exact) mass is 367 g/mol. The predicted octanol–water partition coefficient (Wildman–Crippen LogP) is 4.19. The second kappa shape index (κ2) is 8.06. The molecule has 26 heavy (non-hydrogen) atoms. The van der Waals surface area contributed by atoms with E-state index >= 15 is 0 Å². The molecule has 0 saturated heterocycles. The molecular formula is C20H27F2NO3. The summed E-state index contributed by atoms with van der Waals surface area (Å²) in [6.45, 7) is 5.78. The van der Waals surface area contributed by atoms with E-state index in [4.69, 9.17) is 4.74 Å². The van der Waals surface area contributed by atoms with Crippen molar-refractivity contribution < 1.29 is 23.0 Å². The van der Waals surface area contributed by atoms with Crippen LogP contribution < -0.4 is 14.8 Å². The first kappa shape index (κ1) is 20.2. The number of allylic oxidation sites excluding steroid dienone is 2. The minimum atomic E-state index is -2.91. The lowest BCUT2D eigenvalue weighted by Gasteiger charge is -2.12. The Labute approximate surface area is 153 Å². The highest BCUT2D eigenvalue weighted by molar-refractivity contribution is 5.83. The molecule has 0 spiro atoms. The zero-order chi connectivity index (χ0) is 19.5. The van der Waals surface area contributed by atoms with Gasteiger partial charge in [-0.2, -0.15) is 8.78 Å². The fourth-order valence-electron chi connectivity index (χ4n) is 3.35. The van der Waals surface area contributed by atoms with Crippen LogP contribution in [0.15, 0.2) is 29.8 Å². The van der Waals surface area contributed by atoms with Crippen molar-refractivity contribution in [1.29, 1.82) is 0 Å². The van der Waals surface area contributed by atoms with Gasteiger partial charge in [-0.15, -0.1) is 0 Å². The van der Waals surface area contributed by atoms with Crippen molar-refractivity contribution >= 4 is 5.91 Å². The topological polar surface area (TPSA) is 47.6 Å². The molecule has 2 unspecified atom stereocenters. The zero-order valence-corrected chi connectivity index (χ0v) is 15.9. The molecular weight excluding hydrogens is 340 g/mol. The lowest BCUT2D eigenvalue weighted by molar-refractivity contribution is -0.123. The van der Waals surface area contributed by atoms with Crippen molar-refractivity contribution in [3.8, 4) is 11.5 Å². The normalized spacial score (nSPS) is 20.5. The molecule has 2 atom stereocenters. The molecule has 0 bridgehead atoms. The summed E-state index contributed by atoms with van der Waals surface area (Å²) in [6.07, 6.45) is 2.68. The summed E-state index contributed by atoms with van der Waals surface area (Å²) < 4.78 is 34.5. The number of carbonyl (C=O) groups is 1. The second-order valence-electron chi connectivity index (χ2n) is 7.47. The lowest BCUT2D eigenvalue weighted by atomic mass is 10.1. The van der Waals surface area contributed by atoms with Crippen LogP contribution in [0.2, 0.25) is 0 Å². The van der Waals surface area contributed by atoms with Crippen LogP contribution in [0, 0.1) is 17.3 Å². The van der Waals surface area contributed by atoms with Crippen molar-refractivity contribution in [1.82, 2.24) is 5.32 Å². The molecule has 0 heterocycles. The van der Waals surface area contributed by atoms with Gasteiger partial charge in [0.25, 0.3) is 0 Å². The number of alkyl halides is 2. The van der Waals surface area contributed by atoms with Gasteiger partial charge in [-0.25, -0.2) is 0 Å². The van der Waals surface area contributed by atoms with Crippen LogP contribution in [0.4, 0.5) is 8.78 Å². The summed E-state index contributed by atoms with van der Waals surface area (Å²) in [4.78, 5) is 12.4. The minimum Gasteiger partial charge on any atom is -0.493 e. The van der Waals surface area contributed by atoms with Gasteiger partial charge in [0.15, 0.2) is 11.5 Å². The highest BCUT2D eigenvalue weighted by Gasteiger charge is 2.60. The summed E-state index contributed by atoms with van der Waals surface area (Å²) in [5.74, 6) is 0.529. The number of methoxy groups -OCH3 is 1. The van der Waals surface area contributed by atoms with Gasteiger partial charge in [-0.05, 0) is 49.3 Å². The first-order valence-corrected chi connectivity index (χ1v) is 8.71. The van der Waals surface area contributed by atoms with Gasteiger partial charge in [0.2, 0.25) is 5.91 Å². The fourth-order valence-corrected chi connectivity index (χ4v) is 3.35. The summed E-state index contributed by atoms with van der Waals surface area (Å²) >= 11 is 0. The van der Waals surface area contributed by atoms with E-state index in [-0.39, 0.29) is 34.7 Å². The molecule has 1 aliphatic carbocycles. The molecule has 4 nitrogen and oxygen atoms in total. The fraction of sp³-hybridized carbons (Fsp3) is 0.550. The van der Waals surface area contributed by atoms with E-state index < -0.39 is 6.61 Å². The highest BCUT2D eigenvalue weighted by atomic mass is 19.3. The van der Waals surface area contributed by atoms with Crippen molar-refractivity contribution in [3.05, 3.63) is 35.4 Å². The van der Waals surface area contributed by atoms with E-state index in [0.717, 1.165) is 5.56 Å². The van der Waals surface area contributed by atoms with Crippen LogP contribution >= 0.6 is 0 Å². The van der Waals surface area contributed by atoms with Crippen LogP contribution in [-0.4, -0.2) is 26.2 Å². The maximum Gasteiger partial charge on any atom is 0.387 e. The maximum absolute atomic E-state index is 12.5. The van der Waals surface area contributed by atoms with Crippen LogP contribution in [0.5, 0.6) is 11.5 Å². The van der Waals surface area contributed by atoms with Crippen molar-refractivity contribution in [2.24, 2.45) is 17.3 Å². The third-order valence-corrected chi connectivity index (χ3v) is 4.86. The average Bonchev–Trinajstić information content (AvgIpc) is 3.06. The number of hydrogen-bond acceptors (Lipinski definition) is 3. The number of rotatable bonds is 8. The smallest absolute Gasteiger partial charge is 0.387 e. The SMILES string of the molecule is COc1ccc(CCNC(=O)C2C(C=C(C)C)C2(C)C)cc1OC(F)F. The van der Waals surface area contributed by atoms with E-state index in [1.54, 1.807) is 12.1 Å². The molecule has 1 N–H and O–H groups in total. The van der Waals surface area contributed by atoms with Gasteiger partial charge < -0.3 is 14.8 Å². The number of benzene rings is 1. The van der Waals surface area contributed by atoms with E-state index in [1.807, 2.05) is 13.8 Å². The molecule has 2 rings (SSSR count). The first-order chi connectivity index (χ1) is 12.2. The molecule has 1 aliphatic rings. The first-order valence-electron chi connectivity index (χ1n) is 8.71. The summed E-state index contributed by atoms with van der Waals surface area (Å²) in [6, 6.07) is 4.88. The van der Waals surface area contributed by atoms with E-state index in [2.05, 4.69) is 30.0 Å². The van der Waals surface area contributed by atoms with Crippen LogP contribution in [-0.2, 0) is 11.2 Å². The number of ether oxygens (including phenoxy) is 2. The van der Waals surface area contributed by atoms with Crippen molar-refractivity contribution in [2.75, 3.05) is 13.7 Å². The Morgan fingerprint density at radius 1 is 1.31 bits per heavy atom. The van der Waals surface area contributed by atoms with E-state index in [9.17, 15) is 13.6 Å². The maximum atomic E-state index is 12.5. The van der Waals surface area contributed by atoms with E-state index in [0.29, 0.717) is 13.0 Å². The van der Waals surface area contributed by atoms with E-state index in [1.165, 1.54) is 18.7 Å². The summed E-state index contributed by atoms with van der Waals surface area (Å²) in [5.41, 5.74) is 1.97. The Kier molecular flexibility index (Phi) is 6.26.